The van der Waals surface area contributed by atoms with Gasteiger partial charge < -0.3 is 5.41 Å². The molecule has 0 aromatic carbocycles. The predicted molar refractivity (Wildman–Crippen MR) is 97.0 cm³/mol. The minimum atomic E-state index is -2.84. The third-order valence-electron chi connectivity index (χ3n) is 3.17. The average molecular weight is 347 g/mol. The quantitative estimate of drug-likeness (QED) is 0.339. The maximum absolute atomic E-state index is 11.0. The van der Waals surface area contributed by atoms with E-state index in [4.69, 9.17) is 17.0 Å². The van der Waals surface area contributed by atoms with Crippen molar-refractivity contribution in [2.24, 2.45) is 4.99 Å². The molecule has 0 aromatic heterocycles. The highest BCUT2D eigenvalue weighted by Crippen LogP contribution is 2.18. The Labute approximate surface area is 139 Å². The number of halogens is 1. The van der Waals surface area contributed by atoms with E-state index in [1.54, 1.807) is 19.9 Å². The van der Waals surface area contributed by atoms with Crippen LogP contribution >= 0.6 is 11.6 Å². The summed E-state index contributed by atoms with van der Waals surface area (Å²) < 4.78 is 22.0. The van der Waals surface area contributed by atoms with Crippen molar-refractivity contribution in [1.82, 2.24) is 0 Å². The molecular weight excluding hydrogens is 320 g/mol. The molecule has 0 spiro atoms. The molecule has 0 bridgehead atoms. The van der Waals surface area contributed by atoms with Gasteiger partial charge in [0, 0.05) is 17.7 Å². The van der Waals surface area contributed by atoms with Crippen LogP contribution in [0.25, 0.3) is 0 Å². The van der Waals surface area contributed by atoms with Crippen LogP contribution < -0.4 is 0 Å². The number of sulfone groups is 1. The van der Waals surface area contributed by atoms with Gasteiger partial charge in [-0.15, -0.1) is 0 Å². The first kappa shape index (κ1) is 21.1. The molecule has 6 heteroatoms. The molecule has 0 heterocycles. The summed E-state index contributed by atoms with van der Waals surface area (Å²) in [5, 5.41) is 8.29. The van der Waals surface area contributed by atoms with Crippen LogP contribution in [0.1, 0.15) is 52.4 Å². The lowest BCUT2D eigenvalue weighted by Crippen LogP contribution is -2.02. The Kier molecular flexibility index (Phi) is 10.3. The van der Waals surface area contributed by atoms with Crippen LogP contribution in [0.15, 0.2) is 28.9 Å². The first-order valence-corrected chi connectivity index (χ1v) is 9.91. The van der Waals surface area contributed by atoms with Gasteiger partial charge in [-0.1, -0.05) is 37.4 Å². The fraction of sp³-hybridized carbons (Fsp3) is 0.625. The van der Waals surface area contributed by atoms with E-state index < -0.39 is 9.84 Å². The van der Waals surface area contributed by atoms with Gasteiger partial charge in [-0.3, -0.25) is 0 Å². The summed E-state index contributed by atoms with van der Waals surface area (Å²) in [5.41, 5.74) is 2.01. The van der Waals surface area contributed by atoms with Crippen LogP contribution in [0.3, 0.4) is 0 Å². The number of nitrogens with one attached hydrogen (secondary N) is 1. The van der Waals surface area contributed by atoms with Crippen molar-refractivity contribution < 1.29 is 8.42 Å². The molecule has 0 atom stereocenters. The van der Waals surface area contributed by atoms with Crippen molar-refractivity contribution in [3.05, 3.63) is 23.9 Å². The van der Waals surface area contributed by atoms with Gasteiger partial charge in [0.25, 0.3) is 0 Å². The second kappa shape index (κ2) is 10.7. The first-order valence-electron chi connectivity index (χ1n) is 7.47. The molecule has 0 aromatic rings. The summed E-state index contributed by atoms with van der Waals surface area (Å²) in [6.07, 6.45) is 8.25. The Hall–Kier alpha value is -0.940. The number of nitrogens with zero attached hydrogens (tertiary/aromatic N) is 1. The fourth-order valence-corrected chi connectivity index (χ4v) is 2.93. The normalized spacial score (nSPS) is 13.7. The number of aliphatic imine (C=N–C) groups is 1. The molecule has 0 amide bonds. The Morgan fingerprint density at radius 2 is 1.73 bits per heavy atom. The molecule has 0 saturated heterocycles. The monoisotopic (exact) mass is 346 g/mol. The number of hydrogen-bond acceptors (Lipinski definition) is 4. The second-order valence-electron chi connectivity index (χ2n) is 5.45. The average Bonchev–Trinajstić information content (AvgIpc) is 2.37. The standard InChI is InChI=1S/C16H27ClN2O2S/c1-5-16(19-14(3)17)15(13(2)18)11-9-7-6-8-10-12-22(4,20)21/h5,18H,1,6-12H2,2-4H3/b16-15-,18-13?,19-14+. The van der Waals surface area contributed by atoms with Crippen molar-refractivity contribution in [2.45, 2.75) is 52.4 Å². The molecule has 22 heavy (non-hydrogen) atoms. The smallest absolute Gasteiger partial charge is 0.147 e. The van der Waals surface area contributed by atoms with Crippen LogP contribution in [-0.4, -0.2) is 31.3 Å². The Morgan fingerprint density at radius 3 is 2.18 bits per heavy atom. The SMILES string of the molecule is C=CC(/N=C(\C)Cl)=C(\CCCCCCCS(C)(=O)=O)C(C)=N. The van der Waals surface area contributed by atoms with Crippen LogP contribution in [0, 0.1) is 5.41 Å². The summed E-state index contributed by atoms with van der Waals surface area (Å²) in [7, 11) is -2.84. The summed E-state index contributed by atoms with van der Waals surface area (Å²) in [4.78, 5) is 4.21. The van der Waals surface area contributed by atoms with Gasteiger partial charge >= 0.3 is 0 Å². The molecular formula is C16H27ClN2O2S. The van der Waals surface area contributed by atoms with Crippen LogP contribution in [0.2, 0.25) is 0 Å². The van der Waals surface area contributed by atoms with Crippen molar-refractivity contribution in [2.75, 3.05) is 12.0 Å². The molecule has 0 aliphatic rings. The Balaban J connectivity index is 4.34. The number of unbranched alkanes of at least 4 members (excludes halogenated alkanes) is 4. The molecule has 0 unspecified atom stereocenters. The summed E-state index contributed by atoms with van der Waals surface area (Å²) in [5.74, 6) is 0.266. The van der Waals surface area contributed by atoms with Crippen molar-refractivity contribution in [3.8, 4) is 0 Å². The lowest BCUT2D eigenvalue weighted by atomic mass is 10.0. The molecule has 0 aliphatic carbocycles. The van der Waals surface area contributed by atoms with E-state index >= 15 is 0 Å². The van der Waals surface area contributed by atoms with Crippen molar-refractivity contribution >= 4 is 32.3 Å². The van der Waals surface area contributed by atoms with Crippen LogP contribution in [0.4, 0.5) is 0 Å². The van der Waals surface area contributed by atoms with E-state index in [9.17, 15) is 8.42 Å². The molecule has 0 fully saturated rings. The van der Waals surface area contributed by atoms with E-state index in [-0.39, 0.29) is 5.75 Å². The highest BCUT2D eigenvalue weighted by atomic mass is 35.5. The molecule has 4 nitrogen and oxygen atoms in total. The highest BCUT2D eigenvalue weighted by Gasteiger charge is 2.07. The van der Waals surface area contributed by atoms with Crippen molar-refractivity contribution in [3.63, 3.8) is 0 Å². The van der Waals surface area contributed by atoms with Gasteiger partial charge in [0.2, 0.25) is 0 Å². The molecule has 0 saturated carbocycles. The summed E-state index contributed by atoms with van der Waals surface area (Å²) in [6.45, 7) is 7.17. The van der Waals surface area contributed by atoms with Gasteiger partial charge in [-0.25, -0.2) is 13.4 Å². The minimum absolute atomic E-state index is 0.266. The second-order valence-corrected chi connectivity index (χ2v) is 8.26. The fourth-order valence-electron chi connectivity index (χ4n) is 2.11. The van der Waals surface area contributed by atoms with Gasteiger partial charge in [0.1, 0.15) is 15.0 Å². The van der Waals surface area contributed by atoms with E-state index in [0.717, 1.165) is 44.1 Å². The lowest BCUT2D eigenvalue weighted by molar-refractivity contribution is 0.590. The Bertz CT molecular complexity index is 544. The maximum Gasteiger partial charge on any atom is 0.147 e. The third-order valence-corrected chi connectivity index (χ3v) is 4.29. The first-order chi connectivity index (χ1) is 10.2. The zero-order valence-corrected chi connectivity index (χ0v) is 15.4. The molecule has 0 radical (unpaired) electrons. The van der Waals surface area contributed by atoms with E-state index in [2.05, 4.69) is 11.6 Å². The van der Waals surface area contributed by atoms with E-state index in [1.807, 2.05) is 0 Å². The number of rotatable bonds is 11. The topological polar surface area (TPSA) is 70.3 Å². The largest absolute Gasteiger partial charge is 0.305 e. The minimum Gasteiger partial charge on any atom is -0.305 e. The third kappa shape index (κ3) is 10.7. The highest BCUT2D eigenvalue weighted by molar-refractivity contribution is 7.90. The lowest BCUT2D eigenvalue weighted by Gasteiger charge is -2.09. The maximum atomic E-state index is 11.0. The van der Waals surface area contributed by atoms with E-state index in [0.29, 0.717) is 16.6 Å². The zero-order chi connectivity index (χ0) is 17.2. The van der Waals surface area contributed by atoms with Crippen LogP contribution in [-0.2, 0) is 9.84 Å². The number of allylic oxidation sites excluding steroid dienone is 2. The molecule has 0 aliphatic heterocycles. The molecule has 126 valence electrons. The molecule has 1 N–H and O–H groups in total. The predicted octanol–water partition coefficient (Wildman–Crippen LogP) is 4.51. The summed E-state index contributed by atoms with van der Waals surface area (Å²) in [6, 6.07) is 0. The van der Waals surface area contributed by atoms with E-state index in [1.165, 1.54) is 6.26 Å². The molecule has 0 rings (SSSR count). The number of hydrogen-bond donors (Lipinski definition) is 1. The Morgan fingerprint density at radius 1 is 1.18 bits per heavy atom. The van der Waals surface area contributed by atoms with Gasteiger partial charge in [-0.2, -0.15) is 0 Å². The van der Waals surface area contributed by atoms with Crippen LogP contribution in [0.5, 0.6) is 0 Å². The summed E-state index contributed by atoms with van der Waals surface area (Å²) >= 11 is 5.80. The van der Waals surface area contributed by atoms with Crippen molar-refractivity contribution in [1.29, 1.82) is 5.41 Å². The van der Waals surface area contributed by atoms with Gasteiger partial charge in [0.05, 0.1) is 5.70 Å². The van der Waals surface area contributed by atoms with Gasteiger partial charge in [-0.05, 0) is 44.8 Å². The van der Waals surface area contributed by atoms with Gasteiger partial charge in [0.15, 0.2) is 0 Å². The zero-order valence-electron chi connectivity index (χ0n) is 13.8.